The molecule has 11 heteroatoms. The largest absolute Gasteiger partial charge is 0.334 e. The van der Waals surface area contributed by atoms with E-state index in [9.17, 15) is 22.8 Å². The molecule has 2 saturated heterocycles. The molecule has 5 amide bonds. The maximum absolute atomic E-state index is 13.1. The summed E-state index contributed by atoms with van der Waals surface area (Å²) < 4.78 is 26.6. The number of para-hydroxylation sites is 1. The first-order valence-electron chi connectivity index (χ1n) is 7.19. The van der Waals surface area contributed by atoms with Crippen LogP contribution in [0.4, 0.5) is 9.59 Å². The van der Waals surface area contributed by atoms with Gasteiger partial charge in [-0.3, -0.25) is 15.1 Å². The molecule has 2 unspecified atom stereocenters. The van der Waals surface area contributed by atoms with Gasteiger partial charge in [0.1, 0.15) is 4.90 Å². The van der Waals surface area contributed by atoms with Crippen molar-refractivity contribution in [1.29, 1.82) is 0 Å². The van der Waals surface area contributed by atoms with Gasteiger partial charge in [0, 0.05) is 11.6 Å². The van der Waals surface area contributed by atoms with Crippen molar-refractivity contribution in [2.75, 3.05) is 0 Å². The number of carbonyl (C=O) groups excluding carboxylic acids is 3. The number of urea groups is 2. The average Bonchev–Trinajstić information content (AvgIpc) is 2.91. The third-order valence-corrected chi connectivity index (χ3v) is 5.77. The topological polar surface area (TPSA) is 138 Å². The minimum atomic E-state index is -4.37. The third-order valence-electron chi connectivity index (χ3n) is 3.98. The monoisotopic (exact) mass is 361 g/mol. The second-order valence-electron chi connectivity index (χ2n) is 5.47. The highest BCUT2D eigenvalue weighted by atomic mass is 32.2. The van der Waals surface area contributed by atoms with E-state index in [0.29, 0.717) is 9.69 Å². The molecule has 0 radical (unpaired) electrons. The van der Waals surface area contributed by atoms with E-state index < -0.39 is 40.2 Å². The zero-order chi connectivity index (χ0) is 17.8. The van der Waals surface area contributed by atoms with Crippen LogP contribution < -0.4 is 16.0 Å². The first-order chi connectivity index (χ1) is 11.9. The van der Waals surface area contributed by atoms with Gasteiger partial charge in [0.25, 0.3) is 15.9 Å². The summed E-state index contributed by atoms with van der Waals surface area (Å²) in [5.41, 5.74) is 0.188. The summed E-state index contributed by atoms with van der Waals surface area (Å²) in [7, 11) is -4.37. The molecule has 2 aliphatic rings. The third kappa shape index (κ3) is 2.20. The zero-order valence-corrected chi connectivity index (χ0v) is 13.3. The smallest absolute Gasteiger partial charge is 0.321 e. The van der Waals surface area contributed by atoms with Crippen molar-refractivity contribution in [3.63, 3.8) is 0 Å². The van der Waals surface area contributed by atoms with E-state index in [2.05, 4.69) is 15.6 Å². The first kappa shape index (κ1) is 15.3. The molecule has 0 spiro atoms. The number of carbonyl (C=O) groups is 3. The lowest BCUT2D eigenvalue weighted by Gasteiger charge is -2.29. The molecule has 128 valence electrons. The van der Waals surface area contributed by atoms with Gasteiger partial charge >= 0.3 is 12.1 Å². The Morgan fingerprint density at radius 3 is 2.60 bits per heavy atom. The second kappa shape index (κ2) is 5.14. The molecule has 0 bridgehead atoms. The lowest BCUT2D eigenvalue weighted by atomic mass is 10.2. The van der Waals surface area contributed by atoms with Crippen LogP contribution in [0.1, 0.15) is 0 Å². The molecule has 2 aliphatic heterocycles. The van der Waals surface area contributed by atoms with E-state index in [4.69, 9.17) is 0 Å². The quantitative estimate of drug-likeness (QED) is 0.658. The van der Waals surface area contributed by atoms with Gasteiger partial charge in [-0.1, -0.05) is 18.2 Å². The summed E-state index contributed by atoms with van der Waals surface area (Å²) in [4.78, 5) is 39.5. The van der Waals surface area contributed by atoms with Gasteiger partial charge in [0.05, 0.1) is 5.52 Å². The van der Waals surface area contributed by atoms with Gasteiger partial charge in [-0.25, -0.2) is 18.0 Å². The molecule has 0 aliphatic carbocycles. The Morgan fingerprint density at radius 2 is 1.80 bits per heavy atom. The van der Waals surface area contributed by atoms with E-state index >= 15 is 0 Å². The van der Waals surface area contributed by atoms with Crippen molar-refractivity contribution < 1.29 is 22.8 Å². The van der Waals surface area contributed by atoms with Crippen molar-refractivity contribution >= 4 is 38.9 Å². The van der Waals surface area contributed by atoms with Gasteiger partial charge in [0.2, 0.25) is 0 Å². The highest BCUT2D eigenvalue weighted by Crippen LogP contribution is 2.28. The van der Waals surface area contributed by atoms with Crippen LogP contribution in [0, 0.1) is 0 Å². The molecule has 1 aromatic carbocycles. The minimum absolute atomic E-state index is 0.188. The number of sulfonamides is 1. The Labute approximate surface area is 141 Å². The van der Waals surface area contributed by atoms with Crippen LogP contribution in [-0.2, 0) is 14.8 Å². The lowest BCUT2D eigenvalue weighted by molar-refractivity contribution is -0.123. The molecule has 2 fully saturated rings. The molecule has 2 atom stereocenters. The Balaban J connectivity index is 1.86. The van der Waals surface area contributed by atoms with Crippen LogP contribution in [0.3, 0.4) is 0 Å². The van der Waals surface area contributed by atoms with Crippen LogP contribution in [0.5, 0.6) is 0 Å². The van der Waals surface area contributed by atoms with E-state index in [0.717, 1.165) is 0 Å². The van der Waals surface area contributed by atoms with Gasteiger partial charge < -0.3 is 10.6 Å². The highest BCUT2D eigenvalue weighted by Gasteiger charge is 2.53. The predicted molar refractivity (Wildman–Crippen MR) is 83.5 cm³/mol. The van der Waals surface area contributed by atoms with E-state index in [1.807, 2.05) is 5.32 Å². The van der Waals surface area contributed by atoms with Crippen molar-refractivity contribution in [2.24, 2.45) is 0 Å². The highest BCUT2D eigenvalue weighted by molar-refractivity contribution is 7.90. The second-order valence-corrected chi connectivity index (χ2v) is 7.25. The number of hydrogen-bond donors (Lipinski definition) is 3. The van der Waals surface area contributed by atoms with Gasteiger partial charge in [0.15, 0.2) is 12.2 Å². The number of aromatic nitrogens is 1. The Kier molecular flexibility index (Phi) is 3.15. The average molecular weight is 361 g/mol. The van der Waals surface area contributed by atoms with Gasteiger partial charge in [-0.2, -0.15) is 4.31 Å². The number of benzene rings is 1. The number of hydrogen-bond acceptors (Lipinski definition) is 6. The van der Waals surface area contributed by atoms with Crippen LogP contribution >= 0.6 is 0 Å². The number of rotatable bonds is 2. The summed E-state index contributed by atoms with van der Waals surface area (Å²) in [6.45, 7) is 0. The Hall–Kier alpha value is -3.21. The van der Waals surface area contributed by atoms with Gasteiger partial charge in [-0.05, 0) is 12.1 Å². The molecule has 0 saturated carbocycles. The standard InChI is InChI=1S/C14H11N5O5S/c20-12-10-11(17-13(21)18-12)19(14(22)16-10)25(23,24)8-5-1-3-7-4-2-6-15-9(7)8/h1-6,10-11H,(H,16,22)(H2,17,18,20,21). The van der Waals surface area contributed by atoms with Crippen molar-refractivity contribution in [3.8, 4) is 0 Å². The fraction of sp³-hybridized carbons (Fsp3) is 0.143. The molecule has 1 aromatic heterocycles. The Bertz CT molecular complexity index is 1030. The molecule has 10 nitrogen and oxygen atoms in total. The van der Waals surface area contributed by atoms with Crippen molar-refractivity contribution in [2.45, 2.75) is 17.1 Å². The number of imide groups is 1. The molecule has 4 rings (SSSR count). The van der Waals surface area contributed by atoms with Crippen LogP contribution in [0.2, 0.25) is 0 Å². The fourth-order valence-electron chi connectivity index (χ4n) is 2.90. The molecule has 3 heterocycles. The summed E-state index contributed by atoms with van der Waals surface area (Å²) >= 11 is 0. The molecule has 25 heavy (non-hydrogen) atoms. The molecule has 2 aromatic rings. The number of amides is 5. The Morgan fingerprint density at radius 1 is 1.04 bits per heavy atom. The number of nitrogens with zero attached hydrogens (tertiary/aromatic N) is 2. The van der Waals surface area contributed by atoms with E-state index in [1.165, 1.54) is 18.3 Å². The van der Waals surface area contributed by atoms with E-state index in [1.54, 1.807) is 18.2 Å². The van der Waals surface area contributed by atoms with Crippen LogP contribution in [-0.4, -0.2) is 47.9 Å². The van der Waals surface area contributed by atoms with Crippen LogP contribution in [0.15, 0.2) is 41.4 Å². The fourth-order valence-corrected chi connectivity index (χ4v) is 4.52. The van der Waals surface area contributed by atoms with E-state index in [-0.39, 0.29) is 10.4 Å². The first-order valence-corrected chi connectivity index (χ1v) is 8.63. The summed E-state index contributed by atoms with van der Waals surface area (Å²) in [5, 5.41) is 7.10. The molecule has 3 N–H and O–H groups in total. The summed E-state index contributed by atoms with van der Waals surface area (Å²) in [6.07, 6.45) is 0.0852. The normalized spacial score (nSPS) is 23.0. The lowest BCUT2D eigenvalue weighted by Crippen LogP contribution is -2.65. The number of pyridine rings is 1. The number of fused-ring (bicyclic) bond motifs is 2. The minimum Gasteiger partial charge on any atom is -0.321 e. The predicted octanol–water partition coefficient (Wildman–Crippen LogP) is -0.517. The van der Waals surface area contributed by atoms with Gasteiger partial charge in [-0.15, -0.1) is 0 Å². The van der Waals surface area contributed by atoms with Crippen molar-refractivity contribution in [1.82, 2.24) is 25.2 Å². The molecular weight excluding hydrogens is 350 g/mol. The maximum Gasteiger partial charge on any atom is 0.334 e. The summed E-state index contributed by atoms with van der Waals surface area (Å²) in [6, 6.07) is 4.78. The molecular formula is C14H11N5O5S. The van der Waals surface area contributed by atoms with Crippen LogP contribution in [0.25, 0.3) is 10.9 Å². The SMILES string of the molecule is O=C1NC(=O)C2NC(=O)N(S(=O)(=O)c3cccc4cccnc34)C2N1. The van der Waals surface area contributed by atoms with Crippen molar-refractivity contribution in [3.05, 3.63) is 36.5 Å². The zero-order valence-electron chi connectivity index (χ0n) is 12.5. The summed E-state index contributed by atoms with van der Waals surface area (Å²) in [5.74, 6) is -0.782. The number of nitrogens with one attached hydrogen (secondary N) is 3. The maximum atomic E-state index is 13.1.